The summed E-state index contributed by atoms with van der Waals surface area (Å²) in [5.41, 5.74) is 0.130. The molecule has 1 heterocycles. The van der Waals surface area contributed by atoms with E-state index in [0.717, 1.165) is 4.90 Å². The molecule has 0 aliphatic carbocycles. The number of rotatable bonds is 1. The first-order valence-corrected chi connectivity index (χ1v) is 5.94. The number of amides is 2. The molecule has 1 aliphatic rings. The standard InChI is InChI=1S/C13H14N2O5/c1-7-8(15(18)19)5-6-9-10(7)13(2,3)11(16)14(9)12(17)20-4/h5-6H,1-4H3. The van der Waals surface area contributed by atoms with E-state index in [1.54, 1.807) is 20.8 Å². The van der Waals surface area contributed by atoms with E-state index in [2.05, 4.69) is 4.74 Å². The van der Waals surface area contributed by atoms with Crippen LogP contribution in [0.5, 0.6) is 0 Å². The number of ether oxygens (including phenoxy) is 1. The molecule has 0 aromatic heterocycles. The van der Waals surface area contributed by atoms with E-state index in [0.29, 0.717) is 16.8 Å². The van der Waals surface area contributed by atoms with E-state index in [1.165, 1.54) is 19.2 Å². The molecule has 0 radical (unpaired) electrons. The summed E-state index contributed by atoms with van der Waals surface area (Å²) in [5, 5.41) is 11.0. The molecule has 20 heavy (non-hydrogen) atoms. The SMILES string of the molecule is COC(=O)N1C(=O)C(C)(C)c2c1ccc([N+](=O)[O-])c2C. The maximum absolute atomic E-state index is 12.4. The van der Waals surface area contributed by atoms with E-state index in [9.17, 15) is 19.7 Å². The van der Waals surface area contributed by atoms with Crippen molar-refractivity contribution < 1.29 is 19.2 Å². The van der Waals surface area contributed by atoms with E-state index < -0.39 is 22.3 Å². The van der Waals surface area contributed by atoms with Gasteiger partial charge in [0, 0.05) is 17.2 Å². The van der Waals surface area contributed by atoms with Gasteiger partial charge in [0.05, 0.1) is 23.1 Å². The molecule has 0 unspecified atom stereocenters. The first-order valence-electron chi connectivity index (χ1n) is 5.94. The zero-order valence-corrected chi connectivity index (χ0v) is 11.6. The largest absolute Gasteiger partial charge is 0.452 e. The molecule has 1 aliphatic heterocycles. The van der Waals surface area contributed by atoms with Gasteiger partial charge in [0.25, 0.3) is 5.69 Å². The summed E-state index contributed by atoms with van der Waals surface area (Å²) >= 11 is 0. The van der Waals surface area contributed by atoms with Crippen LogP contribution in [-0.4, -0.2) is 24.0 Å². The Morgan fingerprint density at radius 2 is 2.00 bits per heavy atom. The normalized spacial score (nSPS) is 16.0. The molecular weight excluding hydrogens is 264 g/mol. The number of fused-ring (bicyclic) bond motifs is 1. The lowest BCUT2D eigenvalue weighted by atomic mass is 9.83. The van der Waals surface area contributed by atoms with Crippen LogP contribution < -0.4 is 4.90 Å². The summed E-state index contributed by atoms with van der Waals surface area (Å²) in [6.07, 6.45) is -0.796. The van der Waals surface area contributed by atoms with Crippen molar-refractivity contribution in [3.05, 3.63) is 33.4 Å². The average Bonchev–Trinajstić information content (AvgIpc) is 2.57. The van der Waals surface area contributed by atoms with Crippen molar-refractivity contribution in [1.29, 1.82) is 0 Å². The van der Waals surface area contributed by atoms with Crippen LogP contribution in [0, 0.1) is 17.0 Å². The number of nitro groups is 1. The molecular formula is C13H14N2O5. The molecule has 0 saturated heterocycles. The molecule has 7 heteroatoms. The first-order chi connectivity index (χ1) is 9.23. The second-order valence-corrected chi connectivity index (χ2v) is 5.10. The van der Waals surface area contributed by atoms with Gasteiger partial charge in [0.1, 0.15) is 0 Å². The summed E-state index contributed by atoms with van der Waals surface area (Å²) in [6.45, 7) is 4.84. The molecule has 2 amide bonds. The molecule has 1 aromatic rings. The fourth-order valence-corrected chi connectivity index (χ4v) is 2.63. The van der Waals surface area contributed by atoms with Crippen molar-refractivity contribution in [3.8, 4) is 0 Å². The minimum atomic E-state index is -1.01. The zero-order valence-electron chi connectivity index (χ0n) is 11.6. The fourth-order valence-electron chi connectivity index (χ4n) is 2.63. The monoisotopic (exact) mass is 278 g/mol. The summed E-state index contributed by atoms with van der Waals surface area (Å²) in [5.74, 6) is -0.456. The van der Waals surface area contributed by atoms with Gasteiger partial charge < -0.3 is 4.74 Å². The summed E-state index contributed by atoms with van der Waals surface area (Å²) in [4.78, 5) is 35.5. The number of nitro benzene ring substituents is 1. The van der Waals surface area contributed by atoms with Gasteiger partial charge in [-0.05, 0) is 26.8 Å². The Kier molecular flexibility index (Phi) is 3.00. The molecule has 0 saturated carbocycles. The molecule has 0 fully saturated rings. The van der Waals surface area contributed by atoms with Crippen molar-refractivity contribution >= 4 is 23.4 Å². The van der Waals surface area contributed by atoms with Crippen molar-refractivity contribution in [2.75, 3.05) is 12.0 Å². The minimum absolute atomic E-state index is 0.0728. The lowest BCUT2D eigenvalue weighted by Crippen LogP contribution is -2.40. The third-order valence-corrected chi connectivity index (χ3v) is 3.57. The molecule has 0 spiro atoms. The van der Waals surface area contributed by atoms with Crippen molar-refractivity contribution in [1.82, 2.24) is 0 Å². The molecule has 0 N–H and O–H groups in total. The number of hydrogen-bond donors (Lipinski definition) is 0. The van der Waals surface area contributed by atoms with E-state index in [-0.39, 0.29) is 5.69 Å². The highest BCUT2D eigenvalue weighted by Crippen LogP contribution is 2.46. The molecule has 7 nitrogen and oxygen atoms in total. The van der Waals surface area contributed by atoms with E-state index in [4.69, 9.17) is 0 Å². The number of nitrogens with zero attached hydrogens (tertiary/aromatic N) is 2. The minimum Gasteiger partial charge on any atom is -0.452 e. The van der Waals surface area contributed by atoms with Crippen LogP contribution in [0.15, 0.2) is 12.1 Å². The second kappa shape index (κ2) is 4.29. The lowest BCUT2D eigenvalue weighted by molar-refractivity contribution is -0.385. The molecule has 0 bridgehead atoms. The Hall–Kier alpha value is -2.44. The maximum Gasteiger partial charge on any atom is 0.420 e. The van der Waals surface area contributed by atoms with Crippen LogP contribution >= 0.6 is 0 Å². The highest BCUT2D eigenvalue weighted by Gasteiger charge is 2.49. The fraction of sp³-hybridized carbons (Fsp3) is 0.385. The molecule has 106 valence electrons. The van der Waals surface area contributed by atoms with Crippen molar-refractivity contribution in [2.45, 2.75) is 26.2 Å². The van der Waals surface area contributed by atoms with Gasteiger partial charge >= 0.3 is 6.09 Å². The third kappa shape index (κ3) is 1.66. The van der Waals surface area contributed by atoms with Gasteiger partial charge in [0.2, 0.25) is 5.91 Å². The average molecular weight is 278 g/mol. The van der Waals surface area contributed by atoms with Crippen LogP contribution in [0.25, 0.3) is 0 Å². The zero-order chi connectivity index (χ0) is 15.2. The Bertz CT molecular complexity index is 636. The quantitative estimate of drug-likeness (QED) is 0.580. The molecule has 1 aromatic carbocycles. The number of methoxy groups -OCH3 is 1. The smallest absolute Gasteiger partial charge is 0.420 e. The predicted molar refractivity (Wildman–Crippen MR) is 70.8 cm³/mol. The first kappa shape index (κ1) is 14.0. The molecule has 0 atom stereocenters. The highest BCUT2D eigenvalue weighted by atomic mass is 16.6. The van der Waals surface area contributed by atoms with E-state index >= 15 is 0 Å². The van der Waals surface area contributed by atoms with Crippen LogP contribution in [0.2, 0.25) is 0 Å². The van der Waals surface area contributed by atoms with E-state index in [1.807, 2.05) is 0 Å². The van der Waals surface area contributed by atoms with Crippen LogP contribution in [-0.2, 0) is 14.9 Å². The van der Waals surface area contributed by atoms with Crippen molar-refractivity contribution in [3.63, 3.8) is 0 Å². The van der Waals surface area contributed by atoms with Gasteiger partial charge in [-0.15, -0.1) is 0 Å². The Morgan fingerprint density at radius 1 is 1.40 bits per heavy atom. The van der Waals surface area contributed by atoms with Gasteiger partial charge in [-0.1, -0.05) is 0 Å². The van der Waals surface area contributed by atoms with Crippen LogP contribution in [0.3, 0.4) is 0 Å². The van der Waals surface area contributed by atoms with Gasteiger partial charge in [-0.3, -0.25) is 14.9 Å². The number of carbonyl (C=O) groups is 2. The van der Waals surface area contributed by atoms with Gasteiger partial charge in [0.15, 0.2) is 0 Å². The predicted octanol–water partition coefficient (Wildman–Crippen LogP) is 2.29. The number of hydrogen-bond acceptors (Lipinski definition) is 5. The summed E-state index contributed by atoms with van der Waals surface area (Å²) in [6, 6.07) is 2.70. The lowest BCUT2D eigenvalue weighted by Gasteiger charge is -2.18. The second-order valence-electron chi connectivity index (χ2n) is 5.10. The number of anilines is 1. The number of imide groups is 1. The topological polar surface area (TPSA) is 89.8 Å². The Balaban J connectivity index is 2.75. The van der Waals surface area contributed by atoms with Crippen LogP contribution in [0.4, 0.5) is 16.2 Å². The summed E-state index contributed by atoms with van der Waals surface area (Å²) < 4.78 is 4.60. The molecule has 2 rings (SSSR count). The highest BCUT2D eigenvalue weighted by molar-refractivity contribution is 6.21. The number of carbonyl (C=O) groups excluding carboxylic acids is 2. The maximum atomic E-state index is 12.4. The van der Waals surface area contributed by atoms with Gasteiger partial charge in [-0.2, -0.15) is 0 Å². The number of benzene rings is 1. The summed E-state index contributed by atoms with van der Waals surface area (Å²) in [7, 11) is 1.18. The van der Waals surface area contributed by atoms with Crippen molar-refractivity contribution in [2.24, 2.45) is 0 Å². The third-order valence-electron chi connectivity index (χ3n) is 3.57. The Morgan fingerprint density at radius 3 is 2.50 bits per heavy atom. The Labute approximate surface area is 115 Å². The van der Waals surface area contributed by atoms with Gasteiger partial charge in [-0.25, -0.2) is 9.69 Å². The van der Waals surface area contributed by atoms with Crippen LogP contribution in [0.1, 0.15) is 25.0 Å².